The van der Waals surface area contributed by atoms with Gasteiger partial charge in [0.1, 0.15) is 5.58 Å². The Morgan fingerprint density at radius 1 is 1.33 bits per heavy atom. The summed E-state index contributed by atoms with van der Waals surface area (Å²) in [6.07, 6.45) is 5.79. The highest BCUT2D eigenvalue weighted by molar-refractivity contribution is 5.80. The van der Waals surface area contributed by atoms with Gasteiger partial charge in [0.05, 0.1) is 6.26 Å². The van der Waals surface area contributed by atoms with Crippen molar-refractivity contribution in [3.8, 4) is 0 Å². The molecule has 1 aliphatic rings. The SMILES string of the molecule is CC1(C)CCC(NCc2coc3ccccc23)C1. The molecule has 1 aromatic carbocycles. The van der Waals surface area contributed by atoms with E-state index in [1.807, 2.05) is 18.4 Å². The van der Waals surface area contributed by atoms with E-state index >= 15 is 0 Å². The average Bonchev–Trinajstić information content (AvgIpc) is 2.90. The molecular weight excluding hydrogens is 222 g/mol. The minimum absolute atomic E-state index is 0.510. The third kappa shape index (κ3) is 2.30. The predicted octanol–water partition coefficient (Wildman–Crippen LogP) is 4.10. The molecule has 1 N–H and O–H groups in total. The smallest absolute Gasteiger partial charge is 0.134 e. The van der Waals surface area contributed by atoms with E-state index in [4.69, 9.17) is 4.42 Å². The summed E-state index contributed by atoms with van der Waals surface area (Å²) >= 11 is 0. The zero-order chi connectivity index (χ0) is 12.6. The summed E-state index contributed by atoms with van der Waals surface area (Å²) in [5.74, 6) is 0. The van der Waals surface area contributed by atoms with Gasteiger partial charge in [-0.25, -0.2) is 0 Å². The van der Waals surface area contributed by atoms with Crippen LogP contribution in [0.4, 0.5) is 0 Å². The van der Waals surface area contributed by atoms with E-state index in [1.165, 1.54) is 30.2 Å². The van der Waals surface area contributed by atoms with Gasteiger partial charge in [0.2, 0.25) is 0 Å². The lowest BCUT2D eigenvalue weighted by molar-refractivity contribution is 0.364. The Morgan fingerprint density at radius 2 is 2.17 bits per heavy atom. The maximum atomic E-state index is 5.57. The molecule has 1 heterocycles. The number of nitrogens with one attached hydrogen (secondary N) is 1. The largest absolute Gasteiger partial charge is 0.464 e. The van der Waals surface area contributed by atoms with Crippen molar-refractivity contribution in [3.63, 3.8) is 0 Å². The lowest BCUT2D eigenvalue weighted by atomic mass is 9.92. The van der Waals surface area contributed by atoms with Crippen LogP contribution >= 0.6 is 0 Å². The molecule has 0 bridgehead atoms. The lowest BCUT2D eigenvalue weighted by Gasteiger charge is -2.17. The minimum atomic E-state index is 0.510. The molecule has 18 heavy (non-hydrogen) atoms. The van der Waals surface area contributed by atoms with Gasteiger partial charge in [-0.3, -0.25) is 0 Å². The van der Waals surface area contributed by atoms with Gasteiger partial charge in [-0.2, -0.15) is 0 Å². The first kappa shape index (κ1) is 11.8. The summed E-state index contributed by atoms with van der Waals surface area (Å²) < 4.78 is 5.57. The van der Waals surface area contributed by atoms with Gasteiger partial charge in [-0.1, -0.05) is 32.0 Å². The Balaban J connectivity index is 1.67. The summed E-state index contributed by atoms with van der Waals surface area (Å²) in [5.41, 5.74) is 2.77. The average molecular weight is 243 g/mol. The molecule has 1 fully saturated rings. The van der Waals surface area contributed by atoms with Crippen molar-refractivity contribution < 1.29 is 4.42 Å². The molecule has 2 nitrogen and oxygen atoms in total. The maximum Gasteiger partial charge on any atom is 0.134 e. The molecule has 0 amide bonds. The van der Waals surface area contributed by atoms with E-state index < -0.39 is 0 Å². The number of furan rings is 1. The summed E-state index contributed by atoms with van der Waals surface area (Å²) in [6, 6.07) is 8.91. The molecule has 0 spiro atoms. The number of benzene rings is 1. The molecule has 0 radical (unpaired) electrons. The Morgan fingerprint density at radius 3 is 2.94 bits per heavy atom. The summed E-state index contributed by atoms with van der Waals surface area (Å²) in [7, 11) is 0. The van der Waals surface area contributed by atoms with Crippen molar-refractivity contribution in [1.29, 1.82) is 0 Å². The molecule has 1 aromatic heterocycles. The number of rotatable bonds is 3. The Hall–Kier alpha value is -1.28. The molecule has 96 valence electrons. The van der Waals surface area contributed by atoms with Crippen LogP contribution in [0.1, 0.15) is 38.7 Å². The molecule has 0 aliphatic heterocycles. The van der Waals surface area contributed by atoms with Crippen molar-refractivity contribution in [2.24, 2.45) is 5.41 Å². The highest BCUT2D eigenvalue weighted by Crippen LogP contribution is 2.37. The Bertz CT molecular complexity index is 541. The molecule has 1 unspecified atom stereocenters. The van der Waals surface area contributed by atoms with E-state index in [0.717, 1.165) is 12.1 Å². The fourth-order valence-electron chi connectivity index (χ4n) is 3.03. The quantitative estimate of drug-likeness (QED) is 0.878. The van der Waals surface area contributed by atoms with E-state index in [9.17, 15) is 0 Å². The molecule has 2 aromatic rings. The zero-order valence-corrected chi connectivity index (χ0v) is 11.2. The monoisotopic (exact) mass is 243 g/mol. The second-order valence-electron chi connectivity index (χ2n) is 6.24. The highest BCUT2D eigenvalue weighted by Gasteiger charge is 2.30. The van der Waals surface area contributed by atoms with Crippen LogP contribution in [0.15, 0.2) is 34.9 Å². The highest BCUT2D eigenvalue weighted by atomic mass is 16.3. The second-order valence-corrected chi connectivity index (χ2v) is 6.24. The number of fused-ring (bicyclic) bond motifs is 1. The normalized spacial score (nSPS) is 22.7. The lowest BCUT2D eigenvalue weighted by Crippen LogP contribution is -2.26. The second kappa shape index (κ2) is 4.43. The fourth-order valence-corrected chi connectivity index (χ4v) is 3.03. The van der Waals surface area contributed by atoms with E-state index in [1.54, 1.807) is 0 Å². The van der Waals surface area contributed by atoms with Crippen LogP contribution in [0.3, 0.4) is 0 Å². The standard InChI is InChI=1S/C16H21NO/c1-16(2)8-7-13(9-16)17-10-12-11-18-15-6-4-3-5-14(12)15/h3-6,11,13,17H,7-10H2,1-2H3. The van der Waals surface area contributed by atoms with Crippen molar-refractivity contribution in [1.82, 2.24) is 5.32 Å². The van der Waals surface area contributed by atoms with Gasteiger partial charge in [0, 0.05) is 23.5 Å². The summed E-state index contributed by atoms with van der Waals surface area (Å²) in [6.45, 7) is 5.64. The molecule has 1 atom stereocenters. The predicted molar refractivity (Wildman–Crippen MR) is 74.5 cm³/mol. The summed E-state index contributed by atoms with van der Waals surface area (Å²) in [5, 5.41) is 4.91. The van der Waals surface area contributed by atoms with Gasteiger partial charge in [-0.15, -0.1) is 0 Å². The Labute approximate surface area is 108 Å². The minimum Gasteiger partial charge on any atom is -0.464 e. The van der Waals surface area contributed by atoms with E-state index in [-0.39, 0.29) is 0 Å². The topological polar surface area (TPSA) is 25.2 Å². The van der Waals surface area contributed by atoms with Crippen LogP contribution in [0, 0.1) is 5.41 Å². The molecule has 1 saturated carbocycles. The molecule has 3 rings (SSSR count). The first-order valence-electron chi connectivity index (χ1n) is 6.83. The number of para-hydroxylation sites is 1. The zero-order valence-electron chi connectivity index (χ0n) is 11.2. The van der Waals surface area contributed by atoms with Crippen molar-refractivity contribution in [2.45, 2.75) is 45.7 Å². The van der Waals surface area contributed by atoms with Crippen LogP contribution in [0.2, 0.25) is 0 Å². The third-order valence-electron chi connectivity index (χ3n) is 4.11. The van der Waals surface area contributed by atoms with Crippen LogP contribution in [-0.2, 0) is 6.54 Å². The van der Waals surface area contributed by atoms with Crippen LogP contribution in [0.5, 0.6) is 0 Å². The van der Waals surface area contributed by atoms with Gasteiger partial charge in [0.15, 0.2) is 0 Å². The van der Waals surface area contributed by atoms with Crippen LogP contribution in [-0.4, -0.2) is 6.04 Å². The third-order valence-corrected chi connectivity index (χ3v) is 4.11. The first-order valence-corrected chi connectivity index (χ1v) is 6.83. The Kier molecular flexibility index (Phi) is 2.90. The van der Waals surface area contributed by atoms with Gasteiger partial charge in [0.25, 0.3) is 0 Å². The van der Waals surface area contributed by atoms with Gasteiger partial charge < -0.3 is 9.73 Å². The van der Waals surface area contributed by atoms with Crippen LogP contribution < -0.4 is 5.32 Å². The van der Waals surface area contributed by atoms with Gasteiger partial charge >= 0.3 is 0 Å². The number of hydrogen-bond acceptors (Lipinski definition) is 2. The summed E-state index contributed by atoms with van der Waals surface area (Å²) in [4.78, 5) is 0. The molecule has 1 aliphatic carbocycles. The molecule has 0 saturated heterocycles. The molecule has 2 heteroatoms. The number of hydrogen-bond donors (Lipinski definition) is 1. The van der Waals surface area contributed by atoms with Crippen molar-refractivity contribution in [3.05, 3.63) is 36.1 Å². The van der Waals surface area contributed by atoms with Crippen molar-refractivity contribution >= 4 is 11.0 Å². The van der Waals surface area contributed by atoms with E-state index in [2.05, 4.69) is 31.3 Å². The first-order chi connectivity index (χ1) is 8.64. The fraction of sp³-hybridized carbons (Fsp3) is 0.500. The van der Waals surface area contributed by atoms with E-state index in [0.29, 0.717) is 11.5 Å². The van der Waals surface area contributed by atoms with Gasteiger partial charge in [-0.05, 0) is 30.7 Å². The molecular formula is C16H21NO. The van der Waals surface area contributed by atoms with Crippen LogP contribution in [0.25, 0.3) is 11.0 Å². The van der Waals surface area contributed by atoms with Crippen molar-refractivity contribution in [2.75, 3.05) is 0 Å². The maximum absolute atomic E-state index is 5.57.